The second-order valence-corrected chi connectivity index (χ2v) is 14.8. The van der Waals surface area contributed by atoms with Gasteiger partial charge in [0.1, 0.15) is 6.54 Å². The van der Waals surface area contributed by atoms with E-state index in [1.54, 1.807) is 4.90 Å². The quantitative estimate of drug-likeness (QED) is 0.0913. The van der Waals surface area contributed by atoms with Gasteiger partial charge in [0.2, 0.25) is 0 Å². The number of nitrogens with zero attached hydrogens (tertiary/aromatic N) is 1. The zero-order valence-corrected chi connectivity index (χ0v) is 45.7. The van der Waals surface area contributed by atoms with Crippen LogP contribution < -0.4 is 27.0 Å². The zero-order valence-electron chi connectivity index (χ0n) is 40.8. The number of halogens is 6. The number of benzene rings is 1. The van der Waals surface area contributed by atoms with E-state index >= 15 is 0 Å². The van der Waals surface area contributed by atoms with Gasteiger partial charge >= 0.3 is 0 Å². The molecule has 56 heavy (non-hydrogen) atoms. The summed E-state index contributed by atoms with van der Waals surface area (Å²) in [5.41, 5.74) is 8.93. The largest absolute Gasteiger partial charge is 0.357 e. The predicted molar refractivity (Wildman–Crippen MR) is 266 cm³/mol. The smallest absolute Gasteiger partial charge is 0.101 e. The molecule has 0 heterocycles. The molecule has 6 atom stereocenters. The first-order valence-corrected chi connectivity index (χ1v) is 21.7. The number of hydrogen-bond donors (Lipinski definition) is 5. The van der Waals surface area contributed by atoms with E-state index in [-0.39, 0.29) is 74.4 Å². The molecule has 0 saturated carbocycles. The van der Waals surface area contributed by atoms with E-state index in [1.807, 2.05) is 0 Å². The maximum Gasteiger partial charge on any atom is 0.101 e. The zero-order chi connectivity index (χ0) is 40.0. The van der Waals surface area contributed by atoms with E-state index in [1.165, 1.54) is 87.8 Å². The van der Waals surface area contributed by atoms with Crippen molar-refractivity contribution < 1.29 is 43.9 Å². The third kappa shape index (κ3) is 54.7. The van der Waals surface area contributed by atoms with Gasteiger partial charge in [0, 0.05) is 11.5 Å². The van der Waals surface area contributed by atoms with E-state index in [0.717, 1.165) is 43.2 Å². The Bertz CT molecular complexity index is 736. The Morgan fingerprint density at radius 3 is 1.14 bits per heavy atom. The molecule has 0 radical (unpaired) electrons. The second kappa shape index (κ2) is 62.4. The maximum atomic E-state index is 3.76. The lowest BCUT2D eigenvalue weighted by Crippen LogP contribution is -3.14. The highest BCUT2D eigenvalue weighted by Gasteiger charge is 2.26. The Morgan fingerprint density at radius 1 is 0.571 bits per heavy atom. The Hall–Kier alpha value is 0.720. The van der Waals surface area contributed by atoms with Crippen molar-refractivity contribution >= 4 is 62.0 Å². The normalized spacial score (nSPS) is 12.7. The number of quaternary nitrogens is 6. The van der Waals surface area contributed by atoms with Crippen molar-refractivity contribution in [3.63, 3.8) is 0 Å². The van der Waals surface area contributed by atoms with Crippen molar-refractivity contribution in [1.82, 2.24) is 0 Å². The van der Waals surface area contributed by atoms with Crippen molar-refractivity contribution in [2.24, 2.45) is 5.92 Å². The average molecular weight is 937 g/mol. The standard InChI is InChI=1S/C11H17N.C10H24N.C8H19N.C6H15N.C5H13N.C4H11N.ClH2.5ClH/c1-3-10(2)12-9-11-7-5-4-6-8-11;1-6-10(5)11(7-2,8-3)9-4;1-5-8(4)9(6-2)7-3;1-4-6(3)7-5-2;1-3-5(2)4-6;1-3-4(2)5;;;;;;/h4-8,10,12H,3,9H2,1-2H3;10H,6-9H2,1-5H3;8H,5-7H2,1-4H3;6-7H,4-5H2,1-3H3;5H,3-4,6H2,1-2H3;4H,3,5H2,1-2H3;1H2;5*1H/q;+1;;;;;+1;;;;;/p+5. The topological polar surface area (TPSA) is 92.9 Å². The molecule has 0 aliphatic heterocycles. The molecule has 6 unspecified atom stereocenters. The van der Waals surface area contributed by atoms with Crippen LogP contribution in [0.4, 0.5) is 0 Å². The molecule has 0 aliphatic rings. The second-order valence-electron chi connectivity index (χ2n) is 14.8. The Balaban J connectivity index is -0.0000000483. The van der Waals surface area contributed by atoms with Crippen LogP contribution >= 0.6 is 62.0 Å². The molecule has 0 aliphatic carbocycles. The van der Waals surface area contributed by atoms with Gasteiger partial charge in [0.05, 0.1) is 88.4 Å². The molecule has 11 N–H and O–H groups in total. The molecule has 6 nitrogen and oxygen atoms in total. The molecule has 1 rings (SSSR count). The third-order valence-electron chi connectivity index (χ3n) is 11.0. The van der Waals surface area contributed by atoms with Gasteiger partial charge in [-0.15, -0.1) is 62.0 Å². The van der Waals surface area contributed by atoms with Crippen LogP contribution in [0.1, 0.15) is 169 Å². The average Bonchev–Trinajstić information content (AvgIpc) is 3.16. The SMILES string of the molecule is CCC(C)C[NH3+].CCC(C)[N+](CC)(CC)CC.CCC(C)[NH+](CC)CC.CCC(C)[NH2+]Cc1ccccc1.CCC(C)[NH3+].CC[NH2+]C(C)CC.Cl.Cl.Cl.Cl.Cl.[ClH2+]. The Morgan fingerprint density at radius 2 is 0.964 bits per heavy atom. The van der Waals surface area contributed by atoms with Crippen LogP contribution in [0.15, 0.2) is 30.3 Å². The van der Waals surface area contributed by atoms with Crippen molar-refractivity contribution in [1.29, 1.82) is 0 Å². The fourth-order valence-corrected chi connectivity index (χ4v) is 5.12. The monoisotopic (exact) mass is 934 g/mol. The Kier molecular flexibility index (Phi) is 93.8. The highest BCUT2D eigenvalue weighted by molar-refractivity contribution is 5.86. The van der Waals surface area contributed by atoms with Crippen LogP contribution in [0.3, 0.4) is 0 Å². The van der Waals surface area contributed by atoms with Crippen LogP contribution in [0.25, 0.3) is 0 Å². The lowest BCUT2D eigenvalue weighted by molar-refractivity contribution is -0.945. The van der Waals surface area contributed by atoms with Crippen LogP contribution in [-0.2, 0) is 6.54 Å². The van der Waals surface area contributed by atoms with Gasteiger partial charge < -0.3 is 31.5 Å². The summed E-state index contributed by atoms with van der Waals surface area (Å²) in [6, 6.07) is 14.5. The molecule has 0 spiro atoms. The molecule has 0 fully saturated rings. The van der Waals surface area contributed by atoms with Gasteiger partial charge in [0.25, 0.3) is 0 Å². The highest BCUT2D eigenvalue weighted by atomic mass is 35.5. The van der Waals surface area contributed by atoms with Crippen molar-refractivity contribution in [2.45, 2.75) is 200 Å². The Labute approximate surface area is 391 Å². The minimum absolute atomic E-state index is 0. The molecule has 1 aromatic carbocycles. The summed E-state index contributed by atoms with van der Waals surface area (Å²) in [7, 11) is 0. The fraction of sp³-hybridized carbons (Fsp3) is 0.864. The van der Waals surface area contributed by atoms with E-state index in [0.29, 0.717) is 6.04 Å². The predicted octanol–water partition coefficient (Wildman–Crippen LogP) is 7.16. The molecule has 0 saturated heterocycles. The van der Waals surface area contributed by atoms with Crippen LogP contribution in [-0.4, -0.2) is 80.5 Å². The molecule has 0 aromatic heterocycles. The minimum Gasteiger partial charge on any atom is -0.357 e. The van der Waals surface area contributed by atoms with E-state index < -0.39 is 0 Å². The van der Waals surface area contributed by atoms with Gasteiger partial charge in [-0.3, -0.25) is 0 Å². The molecule has 352 valence electrons. The number of rotatable bonds is 19. The van der Waals surface area contributed by atoms with E-state index in [9.17, 15) is 0 Å². The molecule has 12 heteroatoms. The minimum atomic E-state index is 0. The number of nitrogens with one attached hydrogen (secondary N) is 1. The summed E-state index contributed by atoms with van der Waals surface area (Å²) in [6.45, 7) is 50.3. The van der Waals surface area contributed by atoms with Gasteiger partial charge in [-0.05, 0) is 115 Å². The summed E-state index contributed by atoms with van der Waals surface area (Å²) >= 11 is 0. The lowest BCUT2D eigenvalue weighted by Gasteiger charge is -2.41. The van der Waals surface area contributed by atoms with Gasteiger partial charge in [-0.2, -0.15) is 0 Å². The molecule has 1 aromatic rings. The van der Waals surface area contributed by atoms with Gasteiger partial charge in [-0.1, -0.05) is 78.8 Å². The molecular weight excluding hydrogens is 825 g/mol. The van der Waals surface area contributed by atoms with Crippen molar-refractivity contribution in [3.05, 3.63) is 35.9 Å². The molecule has 0 bridgehead atoms. The summed E-state index contributed by atoms with van der Waals surface area (Å²) in [5, 5.41) is 4.73. The first kappa shape index (κ1) is 84.2. The van der Waals surface area contributed by atoms with Gasteiger partial charge in [0.15, 0.2) is 0 Å². The van der Waals surface area contributed by atoms with Crippen molar-refractivity contribution in [2.75, 3.05) is 45.8 Å². The van der Waals surface area contributed by atoms with Gasteiger partial charge in [-0.25, -0.2) is 0 Å². The summed E-state index contributed by atoms with van der Waals surface area (Å²) in [6.07, 6.45) is 7.59. The van der Waals surface area contributed by atoms with E-state index in [4.69, 9.17) is 0 Å². The van der Waals surface area contributed by atoms with Crippen LogP contribution in [0.5, 0.6) is 0 Å². The van der Waals surface area contributed by atoms with Crippen LogP contribution in [0.2, 0.25) is 0 Å². The first-order valence-electron chi connectivity index (χ1n) is 21.7. The third-order valence-corrected chi connectivity index (χ3v) is 11.0. The van der Waals surface area contributed by atoms with E-state index in [2.05, 4.69) is 177 Å². The number of hydrogen-bond acceptors (Lipinski definition) is 0. The summed E-state index contributed by atoms with van der Waals surface area (Å²) in [5.74, 6) is 0.824. The molecular formula is C44H111Cl6N6+7. The summed E-state index contributed by atoms with van der Waals surface area (Å²) in [4.78, 5) is 1.72. The fourth-order valence-electron chi connectivity index (χ4n) is 5.12. The maximum absolute atomic E-state index is 3.76. The lowest BCUT2D eigenvalue weighted by atomic mass is 10.1. The van der Waals surface area contributed by atoms with Crippen molar-refractivity contribution in [3.8, 4) is 0 Å². The summed E-state index contributed by atoms with van der Waals surface area (Å²) < 4.78 is 1.29. The highest BCUT2D eigenvalue weighted by Crippen LogP contribution is 2.15. The first-order chi connectivity index (χ1) is 23.6. The molecule has 0 amide bonds. The number of nitrogens with two attached hydrogens (primary N) is 2. The van der Waals surface area contributed by atoms with Crippen LogP contribution in [0, 0.1) is 18.3 Å².